The Bertz CT molecular complexity index is 259. The number of rotatable bonds is 4. The SMILES string of the molecule is CC(NC/C=C/Cl)c1ccncc1. The molecule has 1 N–H and O–H groups in total. The summed E-state index contributed by atoms with van der Waals surface area (Å²) in [5, 5.41) is 3.30. The quantitative estimate of drug-likeness (QED) is 0.801. The van der Waals surface area contributed by atoms with Gasteiger partial charge in [-0.2, -0.15) is 0 Å². The lowest BCUT2D eigenvalue weighted by Crippen LogP contribution is -2.18. The third-order valence-corrected chi connectivity index (χ3v) is 2.02. The molecule has 0 saturated heterocycles. The van der Waals surface area contributed by atoms with Gasteiger partial charge in [-0.3, -0.25) is 4.98 Å². The average molecular weight is 197 g/mol. The predicted molar refractivity (Wildman–Crippen MR) is 55.6 cm³/mol. The molecule has 0 saturated carbocycles. The fourth-order valence-electron chi connectivity index (χ4n) is 1.06. The molecule has 1 aromatic heterocycles. The summed E-state index contributed by atoms with van der Waals surface area (Å²) in [6.07, 6.45) is 5.47. The average Bonchev–Trinajstić information content (AvgIpc) is 2.19. The smallest absolute Gasteiger partial charge is 0.0295 e. The Morgan fingerprint density at radius 3 is 2.85 bits per heavy atom. The Balaban J connectivity index is 2.44. The van der Waals surface area contributed by atoms with Gasteiger partial charge >= 0.3 is 0 Å². The lowest BCUT2D eigenvalue weighted by Gasteiger charge is -2.11. The maximum absolute atomic E-state index is 5.40. The normalized spacial score (nSPS) is 13.4. The highest BCUT2D eigenvalue weighted by Gasteiger charge is 2.01. The number of halogens is 1. The first-order valence-electron chi connectivity index (χ1n) is 4.23. The van der Waals surface area contributed by atoms with Gasteiger partial charge in [0.1, 0.15) is 0 Å². The molecule has 13 heavy (non-hydrogen) atoms. The topological polar surface area (TPSA) is 24.9 Å². The van der Waals surface area contributed by atoms with Crippen molar-refractivity contribution >= 4 is 11.6 Å². The molecule has 0 fully saturated rings. The van der Waals surface area contributed by atoms with Crippen LogP contribution in [-0.2, 0) is 0 Å². The molecule has 0 amide bonds. The Morgan fingerprint density at radius 2 is 2.23 bits per heavy atom. The van der Waals surface area contributed by atoms with E-state index in [0.29, 0.717) is 6.04 Å². The minimum atomic E-state index is 0.330. The van der Waals surface area contributed by atoms with Crippen molar-refractivity contribution < 1.29 is 0 Å². The Labute approximate surface area is 83.6 Å². The van der Waals surface area contributed by atoms with Crippen molar-refractivity contribution in [2.24, 2.45) is 0 Å². The van der Waals surface area contributed by atoms with Crippen molar-refractivity contribution in [1.29, 1.82) is 0 Å². The first-order chi connectivity index (χ1) is 6.34. The Hall–Kier alpha value is -0.860. The summed E-state index contributed by atoms with van der Waals surface area (Å²) in [6.45, 7) is 2.89. The second kappa shape index (κ2) is 5.73. The molecule has 1 unspecified atom stereocenters. The first-order valence-corrected chi connectivity index (χ1v) is 4.66. The van der Waals surface area contributed by atoms with Gasteiger partial charge in [0.15, 0.2) is 0 Å². The summed E-state index contributed by atoms with van der Waals surface area (Å²) < 4.78 is 0. The van der Waals surface area contributed by atoms with Gasteiger partial charge in [-0.05, 0) is 24.6 Å². The zero-order chi connectivity index (χ0) is 9.52. The van der Waals surface area contributed by atoms with Crippen LogP contribution in [0.25, 0.3) is 0 Å². The summed E-state index contributed by atoms with van der Waals surface area (Å²) in [4.78, 5) is 3.96. The van der Waals surface area contributed by atoms with Crippen LogP contribution < -0.4 is 5.32 Å². The number of nitrogens with one attached hydrogen (secondary N) is 1. The van der Waals surface area contributed by atoms with Gasteiger partial charge in [0, 0.05) is 30.5 Å². The van der Waals surface area contributed by atoms with Crippen LogP contribution in [0.5, 0.6) is 0 Å². The van der Waals surface area contributed by atoms with Crippen molar-refractivity contribution in [1.82, 2.24) is 10.3 Å². The summed E-state index contributed by atoms with van der Waals surface area (Å²) in [5.41, 5.74) is 2.75. The van der Waals surface area contributed by atoms with Crippen LogP contribution in [0.3, 0.4) is 0 Å². The van der Waals surface area contributed by atoms with Crippen LogP contribution in [-0.4, -0.2) is 11.5 Å². The van der Waals surface area contributed by atoms with E-state index in [2.05, 4.69) is 17.2 Å². The van der Waals surface area contributed by atoms with Gasteiger partial charge in [-0.25, -0.2) is 0 Å². The van der Waals surface area contributed by atoms with Gasteiger partial charge in [0.05, 0.1) is 0 Å². The minimum absolute atomic E-state index is 0.330. The molecule has 0 spiro atoms. The molecule has 0 aromatic carbocycles. The number of aromatic nitrogens is 1. The van der Waals surface area contributed by atoms with Gasteiger partial charge in [0.2, 0.25) is 0 Å². The van der Waals surface area contributed by atoms with E-state index >= 15 is 0 Å². The number of hydrogen-bond acceptors (Lipinski definition) is 2. The highest BCUT2D eigenvalue weighted by atomic mass is 35.5. The first kappa shape index (κ1) is 10.2. The van der Waals surface area contributed by atoms with E-state index in [1.807, 2.05) is 18.2 Å². The third kappa shape index (κ3) is 3.57. The highest BCUT2D eigenvalue weighted by Crippen LogP contribution is 2.09. The fourth-order valence-corrected chi connectivity index (χ4v) is 1.15. The van der Waals surface area contributed by atoms with Gasteiger partial charge in [0.25, 0.3) is 0 Å². The van der Waals surface area contributed by atoms with Crippen LogP contribution >= 0.6 is 11.6 Å². The summed E-state index contributed by atoms with van der Waals surface area (Å²) in [7, 11) is 0. The predicted octanol–water partition coefficient (Wildman–Crippen LogP) is 2.48. The molecule has 0 radical (unpaired) electrons. The third-order valence-electron chi connectivity index (χ3n) is 1.84. The monoisotopic (exact) mass is 196 g/mol. The zero-order valence-corrected chi connectivity index (χ0v) is 8.33. The minimum Gasteiger partial charge on any atom is -0.307 e. The van der Waals surface area contributed by atoms with Crippen LogP contribution in [0.15, 0.2) is 36.1 Å². The number of hydrogen-bond donors (Lipinski definition) is 1. The van der Waals surface area contributed by atoms with Gasteiger partial charge < -0.3 is 5.32 Å². The summed E-state index contributed by atoms with van der Waals surface area (Å²) >= 11 is 5.40. The van der Waals surface area contributed by atoms with Crippen molar-refractivity contribution in [3.8, 4) is 0 Å². The van der Waals surface area contributed by atoms with Crippen LogP contribution in [0.2, 0.25) is 0 Å². The van der Waals surface area contributed by atoms with E-state index in [1.165, 1.54) is 11.1 Å². The lowest BCUT2D eigenvalue weighted by atomic mass is 10.1. The van der Waals surface area contributed by atoms with E-state index in [9.17, 15) is 0 Å². The molecule has 1 aromatic rings. The lowest BCUT2D eigenvalue weighted by molar-refractivity contribution is 0.617. The largest absolute Gasteiger partial charge is 0.307 e. The Morgan fingerprint density at radius 1 is 1.54 bits per heavy atom. The van der Waals surface area contributed by atoms with E-state index in [0.717, 1.165) is 6.54 Å². The van der Waals surface area contributed by atoms with E-state index in [4.69, 9.17) is 11.6 Å². The van der Waals surface area contributed by atoms with Crippen LogP contribution in [0.1, 0.15) is 18.5 Å². The molecule has 2 nitrogen and oxygen atoms in total. The van der Waals surface area contributed by atoms with E-state index < -0.39 is 0 Å². The van der Waals surface area contributed by atoms with Gasteiger partial charge in [-0.15, -0.1) is 0 Å². The molecule has 1 atom stereocenters. The van der Waals surface area contributed by atoms with Gasteiger partial charge in [-0.1, -0.05) is 17.7 Å². The van der Waals surface area contributed by atoms with Crippen LogP contribution in [0, 0.1) is 0 Å². The molecule has 0 aliphatic heterocycles. The van der Waals surface area contributed by atoms with E-state index in [1.54, 1.807) is 12.4 Å². The molecule has 0 bridgehead atoms. The summed E-state index contributed by atoms with van der Waals surface area (Å²) in [5.74, 6) is 0. The molecular formula is C10H13ClN2. The molecule has 0 aliphatic carbocycles. The molecule has 1 heterocycles. The zero-order valence-electron chi connectivity index (χ0n) is 7.57. The molecule has 3 heteroatoms. The molecule has 70 valence electrons. The molecular weight excluding hydrogens is 184 g/mol. The van der Waals surface area contributed by atoms with Crippen molar-refractivity contribution in [2.45, 2.75) is 13.0 Å². The standard InChI is InChI=1S/C10H13ClN2/c1-9(13-6-2-5-11)10-3-7-12-8-4-10/h2-5,7-9,13H,6H2,1H3/b5-2+. The van der Waals surface area contributed by atoms with Crippen molar-refractivity contribution in [2.75, 3.05) is 6.54 Å². The second-order valence-corrected chi connectivity index (χ2v) is 3.02. The summed E-state index contributed by atoms with van der Waals surface area (Å²) in [6, 6.07) is 4.33. The highest BCUT2D eigenvalue weighted by molar-refractivity contribution is 6.25. The Kier molecular flexibility index (Phi) is 4.50. The molecule has 0 aliphatic rings. The molecule has 1 rings (SSSR count). The van der Waals surface area contributed by atoms with Crippen LogP contribution in [0.4, 0.5) is 0 Å². The van der Waals surface area contributed by atoms with Crippen molar-refractivity contribution in [3.63, 3.8) is 0 Å². The maximum Gasteiger partial charge on any atom is 0.0295 e. The second-order valence-electron chi connectivity index (χ2n) is 2.77. The fraction of sp³-hybridized carbons (Fsp3) is 0.300. The number of nitrogens with zero attached hydrogens (tertiary/aromatic N) is 1. The van der Waals surface area contributed by atoms with E-state index in [-0.39, 0.29) is 0 Å². The maximum atomic E-state index is 5.40. The number of pyridine rings is 1. The van der Waals surface area contributed by atoms with Crippen molar-refractivity contribution in [3.05, 3.63) is 41.7 Å².